The van der Waals surface area contributed by atoms with E-state index < -0.39 is 17.4 Å². The lowest BCUT2D eigenvalue weighted by atomic mass is 10.1. The van der Waals surface area contributed by atoms with Gasteiger partial charge in [-0.15, -0.1) is 0 Å². The number of halogens is 2. The molecule has 3 aromatic rings. The molecule has 0 N–H and O–H groups in total. The Morgan fingerprint density at radius 2 is 1.79 bits per heavy atom. The summed E-state index contributed by atoms with van der Waals surface area (Å²) in [4.78, 5) is 12.4. The summed E-state index contributed by atoms with van der Waals surface area (Å²) in [7, 11) is 0. The van der Waals surface area contributed by atoms with Crippen LogP contribution in [0.1, 0.15) is 35.5 Å². The van der Waals surface area contributed by atoms with Crippen LogP contribution in [0.2, 0.25) is 0 Å². The maximum absolute atomic E-state index is 13.8. The van der Waals surface area contributed by atoms with Gasteiger partial charge in [0.05, 0.1) is 13.2 Å². The van der Waals surface area contributed by atoms with E-state index >= 15 is 0 Å². The van der Waals surface area contributed by atoms with Crippen molar-refractivity contribution in [3.05, 3.63) is 83.2 Å². The van der Waals surface area contributed by atoms with E-state index in [1.807, 2.05) is 24.3 Å². The van der Waals surface area contributed by atoms with Gasteiger partial charge in [0.15, 0.2) is 5.78 Å². The van der Waals surface area contributed by atoms with Crippen molar-refractivity contribution in [2.45, 2.75) is 26.8 Å². The number of rotatable bonds is 8. The molecule has 0 saturated carbocycles. The van der Waals surface area contributed by atoms with Crippen LogP contribution in [-0.2, 0) is 13.0 Å². The lowest BCUT2D eigenvalue weighted by molar-refractivity contribution is 0.0985. The van der Waals surface area contributed by atoms with Gasteiger partial charge in [0.2, 0.25) is 0 Å². The third-order valence-corrected chi connectivity index (χ3v) is 4.20. The lowest BCUT2D eigenvalue weighted by Gasteiger charge is -2.13. The molecule has 0 aliphatic heterocycles. The van der Waals surface area contributed by atoms with E-state index in [-0.39, 0.29) is 17.7 Å². The van der Waals surface area contributed by atoms with Crippen LogP contribution in [0.4, 0.5) is 8.78 Å². The fourth-order valence-electron chi connectivity index (χ4n) is 2.76. The van der Waals surface area contributed by atoms with Gasteiger partial charge in [-0.1, -0.05) is 38.1 Å². The zero-order valence-electron chi connectivity index (χ0n) is 15.9. The molecule has 0 fully saturated rings. The van der Waals surface area contributed by atoms with Crippen LogP contribution in [0, 0.1) is 17.6 Å². The van der Waals surface area contributed by atoms with E-state index in [0.29, 0.717) is 19.1 Å². The van der Waals surface area contributed by atoms with Crippen molar-refractivity contribution in [1.29, 1.82) is 0 Å². The Balaban J connectivity index is 1.72. The van der Waals surface area contributed by atoms with Gasteiger partial charge in [0.25, 0.3) is 0 Å². The highest BCUT2D eigenvalue weighted by Gasteiger charge is 2.17. The molecule has 0 unspecified atom stereocenters. The third-order valence-electron chi connectivity index (χ3n) is 4.20. The van der Waals surface area contributed by atoms with Crippen LogP contribution in [-0.4, -0.2) is 22.2 Å². The number of nitrogens with zero attached hydrogens (tertiary/aromatic N) is 2. The van der Waals surface area contributed by atoms with Gasteiger partial charge < -0.3 is 4.74 Å². The Bertz CT molecular complexity index is 946. The molecule has 0 spiro atoms. The summed E-state index contributed by atoms with van der Waals surface area (Å²) >= 11 is 0. The summed E-state index contributed by atoms with van der Waals surface area (Å²) in [6, 6.07) is 12.7. The summed E-state index contributed by atoms with van der Waals surface area (Å²) in [5, 5.41) is 4.26. The van der Waals surface area contributed by atoms with Crippen LogP contribution in [0.15, 0.2) is 54.7 Å². The topological polar surface area (TPSA) is 44.1 Å². The first-order chi connectivity index (χ1) is 13.4. The maximum atomic E-state index is 13.8. The van der Waals surface area contributed by atoms with Crippen LogP contribution in [0.3, 0.4) is 0 Å². The molecular weight excluding hydrogens is 362 g/mol. The van der Waals surface area contributed by atoms with E-state index in [2.05, 4.69) is 18.9 Å². The van der Waals surface area contributed by atoms with Crippen molar-refractivity contribution in [2.24, 2.45) is 5.92 Å². The third kappa shape index (κ3) is 4.82. The lowest BCUT2D eigenvalue weighted by Crippen LogP contribution is -2.10. The summed E-state index contributed by atoms with van der Waals surface area (Å²) in [5.41, 5.74) is 0.864. The molecule has 0 saturated heterocycles. The summed E-state index contributed by atoms with van der Waals surface area (Å²) in [6.45, 7) is 5.18. The number of hydrogen-bond acceptors (Lipinski definition) is 3. The quantitative estimate of drug-likeness (QED) is 0.530. The average Bonchev–Trinajstić information content (AvgIpc) is 3.12. The van der Waals surface area contributed by atoms with Crippen molar-refractivity contribution >= 4 is 5.78 Å². The number of hydrogen-bond donors (Lipinski definition) is 0. The second kappa shape index (κ2) is 8.78. The maximum Gasteiger partial charge on any atom is 0.187 e. The molecule has 1 heterocycles. The molecule has 0 aliphatic carbocycles. The van der Waals surface area contributed by atoms with Gasteiger partial charge >= 0.3 is 0 Å². The Hall–Kier alpha value is -3.02. The first kappa shape index (κ1) is 19.7. The van der Waals surface area contributed by atoms with E-state index in [9.17, 15) is 13.6 Å². The molecule has 0 radical (unpaired) electrons. The molecule has 1 aromatic heterocycles. The number of ether oxygens (including phenoxy) is 1. The highest BCUT2D eigenvalue weighted by molar-refractivity contribution is 5.95. The largest absolute Gasteiger partial charge is 0.493 e. The molecule has 3 rings (SSSR count). The molecule has 6 heteroatoms. The fourth-order valence-corrected chi connectivity index (χ4v) is 2.76. The van der Waals surface area contributed by atoms with Crippen molar-refractivity contribution < 1.29 is 18.3 Å². The Morgan fingerprint density at radius 3 is 2.50 bits per heavy atom. The van der Waals surface area contributed by atoms with Crippen molar-refractivity contribution in [3.63, 3.8) is 0 Å². The minimum absolute atomic E-state index is 0.170. The zero-order chi connectivity index (χ0) is 20.1. The number of carbonyl (C=O) groups is 1. The molecule has 28 heavy (non-hydrogen) atoms. The predicted molar refractivity (Wildman–Crippen MR) is 102 cm³/mol. The Labute approximate surface area is 162 Å². The van der Waals surface area contributed by atoms with Gasteiger partial charge in [-0.05, 0) is 30.2 Å². The zero-order valence-corrected chi connectivity index (χ0v) is 15.9. The van der Waals surface area contributed by atoms with Crippen LogP contribution in [0.5, 0.6) is 5.75 Å². The molecule has 4 nitrogen and oxygen atoms in total. The van der Waals surface area contributed by atoms with E-state index in [1.165, 1.54) is 6.07 Å². The van der Waals surface area contributed by atoms with Crippen molar-refractivity contribution in [2.75, 3.05) is 6.61 Å². The van der Waals surface area contributed by atoms with Crippen molar-refractivity contribution in [1.82, 2.24) is 9.78 Å². The molecule has 146 valence electrons. The fraction of sp³-hybridized carbons (Fsp3) is 0.273. The average molecular weight is 384 g/mol. The first-order valence-corrected chi connectivity index (χ1v) is 9.14. The number of carbonyl (C=O) groups excluding carboxylic acids is 1. The van der Waals surface area contributed by atoms with E-state index in [0.717, 1.165) is 23.4 Å². The molecule has 0 aliphatic rings. The van der Waals surface area contributed by atoms with Gasteiger partial charge in [-0.25, -0.2) is 8.78 Å². The van der Waals surface area contributed by atoms with Crippen LogP contribution >= 0.6 is 0 Å². The monoisotopic (exact) mass is 384 g/mol. The Kier molecular flexibility index (Phi) is 6.19. The highest BCUT2D eigenvalue weighted by Crippen LogP contribution is 2.20. The SMILES string of the molecule is CC(C)COc1ccccc1Cn1ccc(C(=O)Cc2c(F)cccc2F)n1. The van der Waals surface area contributed by atoms with Gasteiger partial charge in [-0.3, -0.25) is 9.48 Å². The van der Waals surface area contributed by atoms with E-state index in [1.54, 1.807) is 16.9 Å². The van der Waals surface area contributed by atoms with Gasteiger partial charge in [0, 0.05) is 23.7 Å². The smallest absolute Gasteiger partial charge is 0.187 e. The number of ketones is 1. The minimum Gasteiger partial charge on any atom is -0.493 e. The number of aromatic nitrogens is 2. The first-order valence-electron chi connectivity index (χ1n) is 9.14. The highest BCUT2D eigenvalue weighted by atomic mass is 19.1. The van der Waals surface area contributed by atoms with E-state index in [4.69, 9.17) is 4.74 Å². The van der Waals surface area contributed by atoms with Gasteiger partial charge in [-0.2, -0.15) is 5.10 Å². The van der Waals surface area contributed by atoms with Gasteiger partial charge in [0.1, 0.15) is 23.1 Å². The Morgan fingerprint density at radius 1 is 1.07 bits per heavy atom. The minimum atomic E-state index is -0.732. The summed E-state index contributed by atoms with van der Waals surface area (Å²) < 4.78 is 35.0. The predicted octanol–water partition coefficient (Wildman–Crippen LogP) is 4.67. The molecule has 0 atom stereocenters. The summed E-state index contributed by atoms with van der Waals surface area (Å²) in [5.74, 6) is -0.728. The second-order valence-electron chi connectivity index (χ2n) is 7.01. The molecule has 2 aromatic carbocycles. The number of para-hydroxylation sites is 1. The number of Topliss-reactive ketones (excluding diaryl/α,β-unsaturated/α-hetero) is 1. The van der Waals surface area contributed by atoms with Crippen molar-refractivity contribution in [3.8, 4) is 5.75 Å². The molecule has 0 amide bonds. The second-order valence-corrected chi connectivity index (χ2v) is 7.01. The number of benzene rings is 2. The molecule has 0 bridgehead atoms. The summed E-state index contributed by atoms with van der Waals surface area (Å²) in [6.07, 6.45) is 1.30. The van der Waals surface area contributed by atoms with Crippen LogP contribution < -0.4 is 4.74 Å². The normalized spacial score (nSPS) is 11.0. The molecular formula is C22H22F2N2O2. The standard InChI is InChI=1S/C22H22F2N2O2/c1-15(2)14-28-22-9-4-3-6-16(22)13-26-11-10-20(25-26)21(27)12-17-18(23)7-5-8-19(17)24/h3-11,15H,12-14H2,1-2H3. The van der Waals surface area contributed by atoms with Crippen LogP contribution in [0.25, 0.3) is 0 Å².